The van der Waals surface area contributed by atoms with Crippen LogP contribution in [0.5, 0.6) is 5.75 Å². The van der Waals surface area contributed by atoms with E-state index in [1.165, 1.54) is 0 Å². The first-order valence-electron chi connectivity index (χ1n) is 8.06. The Balaban J connectivity index is 1.51. The quantitative estimate of drug-likeness (QED) is 0.863. The Labute approximate surface area is 151 Å². The molecular formula is C19H19ClN2O3. The number of rotatable bonds is 6. The van der Waals surface area contributed by atoms with Crippen LogP contribution in [0.15, 0.2) is 48.5 Å². The summed E-state index contributed by atoms with van der Waals surface area (Å²) in [6, 6.07) is 14.2. The lowest BCUT2D eigenvalue weighted by atomic mass is 10.0. The lowest BCUT2D eigenvalue weighted by Gasteiger charge is -2.20. The maximum absolute atomic E-state index is 12.4. The molecule has 0 saturated carbocycles. The average molecular weight is 359 g/mol. The molecule has 2 aromatic carbocycles. The Morgan fingerprint density at radius 3 is 2.84 bits per heavy atom. The van der Waals surface area contributed by atoms with Crippen LogP contribution >= 0.6 is 11.6 Å². The summed E-state index contributed by atoms with van der Waals surface area (Å²) < 4.78 is 5.60. The molecule has 1 heterocycles. The average Bonchev–Trinajstić information content (AvgIpc) is 2.91. The van der Waals surface area contributed by atoms with Gasteiger partial charge in [0.15, 0.2) is 0 Å². The summed E-state index contributed by atoms with van der Waals surface area (Å²) in [5.41, 5.74) is 1.52. The number of carbonyl (C=O) groups is 2. The summed E-state index contributed by atoms with van der Waals surface area (Å²) in [6.45, 7) is 0.823. The van der Waals surface area contributed by atoms with Crippen LogP contribution in [0.3, 0.4) is 0 Å². The molecule has 0 radical (unpaired) electrons. The molecule has 1 unspecified atom stereocenters. The van der Waals surface area contributed by atoms with Gasteiger partial charge in [0.25, 0.3) is 5.91 Å². The summed E-state index contributed by atoms with van der Waals surface area (Å²) in [5, 5.41) is 3.47. The van der Waals surface area contributed by atoms with Gasteiger partial charge in [-0.3, -0.25) is 9.59 Å². The molecule has 0 fully saturated rings. The molecule has 0 saturated heterocycles. The smallest absolute Gasteiger partial charge is 0.252 e. The van der Waals surface area contributed by atoms with E-state index in [-0.39, 0.29) is 24.3 Å². The van der Waals surface area contributed by atoms with Crippen molar-refractivity contribution in [2.45, 2.75) is 12.5 Å². The molecule has 0 aromatic heterocycles. The highest BCUT2D eigenvalue weighted by atomic mass is 35.5. The van der Waals surface area contributed by atoms with E-state index >= 15 is 0 Å². The number of benzene rings is 2. The first-order valence-corrected chi connectivity index (χ1v) is 8.44. The molecule has 0 aliphatic carbocycles. The van der Waals surface area contributed by atoms with Gasteiger partial charge in [-0.2, -0.15) is 0 Å². The second-order valence-electron chi connectivity index (χ2n) is 5.94. The van der Waals surface area contributed by atoms with Gasteiger partial charge in [0, 0.05) is 17.6 Å². The Morgan fingerprint density at radius 1 is 1.24 bits per heavy atom. The fraction of sp³-hybridized carbons (Fsp3) is 0.263. The second-order valence-corrected chi connectivity index (χ2v) is 6.37. The first kappa shape index (κ1) is 17.3. The van der Waals surface area contributed by atoms with E-state index in [4.69, 9.17) is 16.3 Å². The largest absolute Gasteiger partial charge is 0.492 e. The third-order valence-electron chi connectivity index (χ3n) is 4.18. The SMILES string of the molecule is CN(CCOc1cccc(Cl)c1)C(=O)CC1NC(=O)c2ccccc21. The maximum Gasteiger partial charge on any atom is 0.252 e. The van der Waals surface area contributed by atoms with Crippen molar-refractivity contribution in [2.24, 2.45) is 0 Å². The summed E-state index contributed by atoms with van der Waals surface area (Å²) in [4.78, 5) is 25.9. The zero-order valence-electron chi connectivity index (χ0n) is 13.9. The molecule has 1 atom stereocenters. The molecule has 2 amide bonds. The standard InChI is InChI=1S/C19H19ClN2O3/c1-22(9-10-25-14-6-4-5-13(20)11-14)18(23)12-17-15-7-2-3-8-16(15)19(24)21-17/h2-8,11,17H,9-10,12H2,1H3,(H,21,24). The van der Waals surface area contributed by atoms with Crippen LogP contribution in [0, 0.1) is 0 Å². The molecule has 130 valence electrons. The zero-order chi connectivity index (χ0) is 17.8. The highest BCUT2D eigenvalue weighted by molar-refractivity contribution is 6.30. The number of hydrogen-bond donors (Lipinski definition) is 1. The van der Waals surface area contributed by atoms with Crippen LogP contribution in [-0.2, 0) is 4.79 Å². The molecule has 1 N–H and O–H groups in total. The van der Waals surface area contributed by atoms with Crippen molar-refractivity contribution in [1.29, 1.82) is 0 Å². The predicted molar refractivity (Wildman–Crippen MR) is 95.9 cm³/mol. The summed E-state index contributed by atoms with van der Waals surface area (Å²) in [5.74, 6) is 0.502. The predicted octanol–water partition coefficient (Wildman–Crippen LogP) is 3.05. The van der Waals surface area contributed by atoms with Crippen molar-refractivity contribution in [3.8, 4) is 5.75 Å². The van der Waals surface area contributed by atoms with Crippen LogP contribution in [-0.4, -0.2) is 36.9 Å². The van der Waals surface area contributed by atoms with Crippen molar-refractivity contribution >= 4 is 23.4 Å². The van der Waals surface area contributed by atoms with E-state index in [0.29, 0.717) is 29.5 Å². The minimum absolute atomic E-state index is 0.0447. The van der Waals surface area contributed by atoms with Gasteiger partial charge >= 0.3 is 0 Å². The third-order valence-corrected chi connectivity index (χ3v) is 4.42. The van der Waals surface area contributed by atoms with Crippen LogP contribution in [0.2, 0.25) is 5.02 Å². The molecule has 1 aliphatic rings. The molecule has 6 heteroatoms. The molecular weight excluding hydrogens is 340 g/mol. The molecule has 5 nitrogen and oxygen atoms in total. The number of nitrogens with zero attached hydrogens (tertiary/aromatic N) is 1. The minimum Gasteiger partial charge on any atom is -0.492 e. The summed E-state index contributed by atoms with van der Waals surface area (Å²) in [7, 11) is 1.73. The van der Waals surface area contributed by atoms with Crippen molar-refractivity contribution in [2.75, 3.05) is 20.2 Å². The summed E-state index contributed by atoms with van der Waals surface area (Å²) >= 11 is 5.91. The molecule has 1 aliphatic heterocycles. The topological polar surface area (TPSA) is 58.6 Å². The lowest BCUT2D eigenvalue weighted by molar-refractivity contribution is -0.130. The lowest BCUT2D eigenvalue weighted by Crippen LogP contribution is -2.33. The minimum atomic E-state index is -0.271. The van der Waals surface area contributed by atoms with Crippen molar-refractivity contribution in [3.63, 3.8) is 0 Å². The van der Waals surface area contributed by atoms with Crippen molar-refractivity contribution < 1.29 is 14.3 Å². The fourth-order valence-electron chi connectivity index (χ4n) is 2.79. The van der Waals surface area contributed by atoms with Gasteiger partial charge in [-0.15, -0.1) is 0 Å². The number of carbonyl (C=O) groups excluding carboxylic acids is 2. The Morgan fingerprint density at radius 2 is 2.04 bits per heavy atom. The number of fused-ring (bicyclic) bond motifs is 1. The van der Waals surface area contributed by atoms with Crippen LogP contribution in [0.4, 0.5) is 0 Å². The fourth-order valence-corrected chi connectivity index (χ4v) is 2.98. The second kappa shape index (κ2) is 7.57. The van der Waals surface area contributed by atoms with E-state index in [9.17, 15) is 9.59 Å². The number of nitrogens with one attached hydrogen (secondary N) is 1. The highest BCUT2D eigenvalue weighted by Crippen LogP contribution is 2.27. The van der Waals surface area contributed by atoms with E-state index in [1.54, 1.807) is 30.1 Å². The van der Waals surface area contributed by atoms with Gasteiger partial charge in [-0.05, 0) is 29.8 Å². The Hall–Kier alpha value is -2.53. The zero-order valence-corrected chi connectivity index (χ0v) is 14.6. The van der Waals surface area contributed by atoms with Gasteiger partial charge < -0.3 is 15.0 Å². The van der Waals surface area contributed by atoms with E-state index < -0.39 is 0 Å². The number of ether oxygens (including phenoxy) is 1. The highest BCUT2D eigenvalue weighted by Gasteiger charge is 2.30. The number of halogens is 1. The van der Waals surface area contributed by atoms with Crippen LogP contribution in [0.1, 0.15) is 28.4 Å². The van der Waals surface area contributed by atoms with E-state index in [1.807, 2.05) is 30.3 Å². The normalized spacial score (nSPS) is 15.4. The number of hydrogen-bond acceptors (Lipinski definition) is 3. The van der Waals surface area contributed by atoms with Gasteiger partial charge in [-0.25, -0.2) is 0 Å². The van der Waals surface area contributed by atoms with E-state index in [0.717, 1.165) is 5.56 Å². The van der Waals surface area contributed by atoms with Gasteiger partial charge in [0.05, 0.1) is 19.0 Å². The molecule has 25 heavy (non-hydrogen) atoms. The number of amides is 2. The van der Waals surface area contributed by atoms with Gasteiger partial charge in [0.1, 0.15) is 12.4 Å². The molecule has 0 bridgehead atoms. The first-order chi connectivity index (χ1) is 12.0. The Bertz CT molecular complexity index is 794. The van der Waals surface area contributed by atoms with Gasteiger partial charge in [-0.1, -0.05) is 35.9 Å². The Kier molecular flexibility index (Phi) is 5.24. The van der Waals surface area contributed by atoms with E-state index in [2.05, 4.69) is 5.32 Å². The van der Waals surface area contributed by atoms with Gasteiger partial charge in [0.2, 0.25) is 5.91 Å². The van der Waals surface area contributed by atoms with Crippen molar-refractivity contribution in [1.82, 2.24) is 10.2 Å². The molecule has 2 aromatic rings. The summed E-state index contributed by atoms with van der Waals surface area (Å²) in [6.07, 6.45) is 0.233. The third kappa shape index (κ3) is 4.12. The van der Waals surface area contributed by atoms with Crippen LogP contribution < -0.4 is 10.1 Å². The monoisotopic (exact) mass is 358 g/mol. The van der Waals surface area contributed by atoms with Crippen LogP contribution in [0.25, 0.3) is 0 Å². The van der Waals surface area contributed by atoms with Crippen molar-refractivity contribution in [3.05, 3.63) is 64.7 Å². The molecule has 3 rings (SSSR count). The number of likely N-dealkylation sites (N-methyl/N-ethyl adjacent to an activating group) is 1. The molecule has 0 spiro atoms. The maximum atomic E-state index is 12.4.